The van der Waals surface area contributed by atoms with E-state index in [1.54, 1.807) is 24.3 Å². The van der Waals surface area contributed by atoms with Crippen molar-refractivity contribution in [3.05, 3.63) is 65.8 Å². The summed E-state index contributed by atoms with van der Waals surface area (Å²) in [5.41, 5.74) is 0.808. The fourth-order valence-corrected chi connectivity index (χ4v) is 4.72. The van der Waals surface area contributed by atoms with Crippen LogP contribution in [0, 0.1) is 5.82 Å². The number of rotatable bonds is 4. The molecule has 2 aromatic carbocycles. The lowest BCUT2D eigenvalue weighted by atomic mass is 10.1. The highest BCUT2D eigenvalue weighted by Crippen LogP contribution is 2.70. The average molecular weight is 428 g/mol. The second-order valence-corrected chi connectivity index (χ2v) is 9.15. The van der Waals surface area contributed by atoms with Crippen molar-refractivity contribution in [2.75, 3.05) is 0 Å². The smallest absolute Gasteiger partial charge is 0.238 e. The Balaban J connectivity index is 1.71. The number of hydrogen-bond donors (Lipinski definition) is 1. The van der Waals surface area contributed by atoms with Gasteiger partial charge in [0.1, 0.15) is 10.2 Å². The van der Waals surface area contributed by atoms with Crippen molar-refractivity contribution in [2.45, 2.75) is 21.1 Å². The molecule has 0 aliphatic heterocycles. The number of hydrogen-bond acceptors (Lipinski definition) is 5. The van der Waals surface area contributed by atoms with Crippen LogP contribution in [0.25, 0.3) is 11.4 Å². The van der Waals surface area contributed by atoms with E-state index in [0.717, 1.165) is 0 Å². The zero-order valence-corrected chi connectivity index (χ0v) is 15.8. The van der Waals surface area contributed by atoms with Crippen LogP contribution in [0.15, 0.2) is 57.9 Å². The van der Waals surface area contributed by atoms with E-state index in [9.17, 15) is 12.8 Å². The molecule has 3 aromatic rings. The van der Waals surface area contributed by atoms with Crippen molar-refractivity contribution in [2.24, 2.45) is 5.14 Å². The van der Waals surface area contributed by atoms with E-state index < -0.39 is 32.0 Å². The van der Waals surface area contributed by atoms with Gasteiger partial charge in [0.2, 0.25) is 21.7 Å². The average Bonchev–Trinajstić information content (AvgIpc) is 2.94. The fourth-order valence-electron chi connectivity index (χ4n) is 3.12. The lowest BCUT2D eigenvalue weighted by molar-refractivity contribution is 0.378. The molecular formula is C17H12Cl2FN3O3S. The molecule has 0 unspecified atom stereocenters. The molecule has 2 N–H and O–H groups in total. The Morgan fingerprint density at radius 2 is 1.85 bits per heavy atom. The van der Waals surface area contributed by atoms with Crippen LogP contribution in [0.4, 0.5) is 4.39 Å². The molecule has 0 spiro atoms. The minimum Gasteiger partial charge on any atom is -0.339 e. The molecule has 4 rings (SSSR count). The van der Waals surface area contributed by atoms with Gasteiger partial charge in [-0.2, -0.15) is 4.98 Å². The Kier molecular flexibility index (Phi) is 4.27. The molecule has 1 saturated carbocycles. The first-order valence-corrected chi connectivity index (χ1v) is 10.1. The van der Waals surface area contributed by atoms with Crippen LogP contribution in [0.2, 0.25) is 0 Å². The van der Waals surface area contributed by atoms with Gasteiger partial charge < -0.3 is 4.52 Å². The van der Waals surface area contributed by atoms with Gasteiger partial charge >= 0.3 is 0 Å². The number of nitrogens with zero attached hydrogens (tertiary/aromatic N) is 2. The second-order valence-electron chi connectivity index (χ2n) is 6.18. The summed E-state index contributed by atoms with van der Waals surface area (Å²) in [4.78, 5) is 4.19. The number of primary sulfonamides is 1. The molecule has 1 aromatic heterocycles. The molecule has 0 bridgehead atoms. The molecular weight excluding hydrogens is 416 g/mol. The Bertz CT molecular complexity index is 1130. The molecule has 10 heteroatoms. The van der Waals surface area contributed by atoms with E-state index in [4.69, 9.17) is 32.9 Å². The predicted octanol–water partition coefficient (Wildman–Crippen LogP) is 3.58. The zero-order chi connectivity index (χ0) is 19.4. The van der Waals surface area contributed by atoms with Gasteiger partial charge in [-0.3, -0.25) is 0 Å². The third-order valence-electron chi connectivity index (χ3n) is 4.40. The normalized spacial score (nSPS) is 21.2. The molecule has 0 radical (unpaired) electrons. The first-order chi connectivity index (χ1) is 12.7. The third kappa shape index (κ3) is 3.23. The van der Waals surface area contributed by atoms with Crippen LogP contribution in [-0.2, 0) is 10.0 Å². The molecule has 1 fully saturated rings. The van der Waals surface area contributed by atoms with Crippen LogP contribution >= 0.6 is 23.2 Å². The highest BCUT2D eigenvalue weighted by molar-refractivity contribution is 7.89. The first-order valence-electron chi connectivity index (χ1n) is 7.78. The third-order valence-corrected chi connectivity index (χ3v) is 6.33. The Morgan fingerprint density at radius 1 is 1.11 bits per heavy atom. The molecule has 27 heavy (non-hydrogen) atoms. The summed E-state index contributed by atoms with van der Waals surface area (Å²) in [6.07, 6.45) is 0. The Hall–Kier alpha value is -2.00. The Labute approximate surface area is 164 Å². The zero-order valence-electron chi connectivity index (χ0n) is 13.5. The van der Waals surface area contributed by atoms with E-state index in [0.29, 0.717) is 11.1 Å². The predicted molar refractivity (Wildman–Crippen MR) is 97.4 cm³/mol. The highest BCUT2D eigenvalue weighted by atomic mass is 35.5. The maximum absolute atomic E-state index is 13.4. The van der Waals surface area contributed by atoms with E-state index in [1.165, 1.54) is 24.3 Å². The quantitative estimate of drug-likeness (QED) is 0.641. The van der Waals surface area contributed by atoms with Gasteiger partial charge in [-0.1, -0.05) is 35.5 Å². The minimum atomic E-state index is -3.96. The van der Waals surface area contributed by atoms with E-state index in [-0.39, 0.29) is 16.6 Å². The van der Waals surface area contributed by atoms with Crippen LogP contribution in [-0.4, -0.2) is 22.9 Å². The standard InChI is InChI=1S/C17H12Cl2FN3O3S/c18-17(19)13(11-6-1-2-7-12(11)27(21,24)25)14(17)16-22-15(23-26-16)9-4-3-5-10(20)8-9/h1-8,13-14H,(H2,21,24,25)/t13-,14+/m0/s1. The summed E-state index contributed by atoms with van der Waals surface area (Å²) < 4.78 is 41.0. The largest absolute Gasteiger partial charge is 0.339 e. The van der Waals surface area contributed by atoms with Crippen LogP contribution in [0.3, 0.4) is 0 Å². The van der Waals surface area contributed by atoms with E-state index in [2.05, 4.69) is 10.1 Å². The highest BCUT2D eigenvalue weighted by Gasteiger charge is 2.68. The molecule has 1 aliphatic carbocycles. The molecule has 1 heterocycles. The van der Waals surface area contributed by atoms with Gasteiger partial charge in [0.15, 0.2) is 0 Å². The van der Waals surface area contributed by atoms with E-state index >= 15 is 0 Å². The maximum Gasteiger partial charge on any atom is 0.238 e. The molecule has 140 valence electrons. The van der Waals surface area contributed by atoms with Crippen LogP contribution in [0.1, 0.15) is 23.3 Å². The van der Waals surface area contributed by atoms with Crippen molar-refractivity contribution in [1.29, 1.82) is 0 Å². The number of nitrogens with two attached hydrogens (primary N) is 1. The van der Waals surface area contributed by atoms with Crippen molar-refractivity contribution in [3.8, 4) is 11.4 Å². The second kappa shape index (κ2) is 6.27. The van der Waals surface area contributed by atoms with Gasteiger partial charge in [-0.05, 0) is 23.8 Å². The number of aromatic nitrogens is 2. The fraction of sp³-hybridized carbons (Fsp3) is 0.176. The number of halogens is 3. The maximum atomic E-state index is 13.4. The summed E-state index contributed by atoms with van der Waals surface area (Å²) >= 11 is 12.8. The van der Waals surface area contributed by atoms with Gasteiger partial charge in [0, 0.05) is 11.5 Å². The summed E-state index contributed by atoms with van der Waals surface area (Å²) in [5.74, 6) is -1.35. The van der Waals surface area contributed by atoms with Crippen molar-refractivity contribution >= 4 is 33.2 Å². The van der Waals surface area contributed by atoms with Gasteiger partial charge in [-0.25, -0.2) is 17.9 Å². The molecule has 2 atom stereocenters. The van der Waals surface area contributed by atoms with Gasteiger partial charge in [0.05, 0.1) is 10.8 Å². The van der Waals surface area contributed by atoms with E-state index in [1.807, 2.05) is 0 Å². The topological polar surface area (TPSA) is 99.1 Å². The van der Waals surface area contributed by atoms with Gasteiger partial charge in [-0.15, -0.1) is 23.2 Å². The number of sulfonamides is 1. The SMILES string of the molecule is NS(=O)(=O)c1ccccc1[C@H]1[C@H](c2nc(-c3cccc(F)c3)no2)C1(Cl)Cl. The van der Waals surface area contributed by atoms with Crippen LogP contribution in [0.5, 0.6) is 0 Å². The summed E-state index contributed by atoms with van der Waals surface area (Å²) in [6, 6.07) is 11.9. The summed E-state index contributed by atoms with van der Waals surface area (Å²) in [5, 5.41) is 9.13. The van der Waals surface area contributed by atoms with Gasteiger partial charge in [0.25, 0.3) is 0 Å². The van der Waals surface area contributed by atoms with Crippen molar-refractivity contribution in [3.63, 3.8) is 0 Å². The number of benzene rings is 2. The lowest BCUT2D eigenvalue weighted by Crippen LogP contribution is -2.14. The first kappa shape index (κ1) is 18.4. The molecule has 0 saturated heterocycles. The minimum absolute atomic E-state index is 0.0620. The Morgan fingerprint density at radius 3 is 2.56 bits per heavy atom. The molecule has 1 aliphatic rings. The van der Waals surface area contributed by atoms with Crippen molar-refractivity contribution < 1.29 is 17.3 Å². The van der Waals surface area contributed by atoms with Crippen LogP contribution < -0.4 is 5.14 Å². The molecule has 0 amide bonds. The van der Waals surface area contributed by atoms with Crippen molar-refractivity contribution in [1.82, 2.24) is 10.1 Å². The monoisotopic (exact) mass is 427 g/mol. The molecule has 6 nitrogen and oxygen atoms in total. The number of alkyl halides is 2. The lowest BCUT2D eigenvalue weighted by Gasteiger charge is -2.06. The summed E-state index contributed by atoms with van der Waals surface area (Å²) in [6.45, 7) is 0. The summed E-state index contributed by atoms with van der Waals surface area (Å²) in [7, 11) is -3.96.